The van der Waals surface area contributed by atoms with Gasteiger partial charge in [0.1, 0.15) is 23.6 Å². The van der Waals surface area contributed by atoms with Crippen LogP contribution in [0.15, 0.2) is 103 Å². The number of carbonyl (C=O) groups is 3. The third kappa shape index (κ3) is 8.55. The lowest BCUT2D eigenvalue weighted by Crippen LogP contribution is -2.56. The maximum Gasteiger partial charge on any atom is 0.243 e. The summed E-state index contributed by atoms with van der Waals surface area (Å²) in [6.07, 6.45) is 1.38. The van der Waals surface area contributed by atoms with Crippen LogP contribution in [0.2, 0.25) is 0 Å². The topological polar surface area (TPSA) is 123 Å². The first-order valence-corrected chi connectivity index (χ1v) is 14.9. The third-order valence-electron chi connectivity index (χ3n) is 7.68. The van der Waals surface area contributed by atoms with Gasteiger partial charge in [0.15, 0.2) is 0 Å². The zero-order valence-electron chi connectivity index (χ0n) is 24.8. The van der Waals surface area contributed by atoms with Crippen molar-refractivity contribution < 1.29 is 19.1 Å². The Bertz CT molecular complexity index is 1590. The quantitative estimate of drug-likeness (QED) is 0.269. The summed E-state index contributed by atoms with van der Waals surface area (Å²) in [5.41, 5.74) is 11.1. The molecular weight excluding hydrogens is 552 g/mol. The lowest BCUT2D eigenvalue weighted by molar-refractivity contribution is -0.132. The molecule has 0 aliphatic carbocycles. The van der Waals surface area contributed by atoms with Gasteiger partial charge in [0.25, 0.3) is 0 Å². The van der Waals surface area contributed by atoms with Crippen LogP contribution in [0, 0.1) is 6.92 Å². The molecule has 5 N–H and O–H groups in total. The van der Waals surface area contributed by atoms with E-state index in [2.05, 4.69) is 16.0 Å². The zero-order valence-corrected chi connectivity index (χ0v) is 24.8. The van der Waals surface area contributed by atoms with E-state index in [1.807, 2.05) is 110 Å². The summed E-state index contributed by atoms with van der Waals surface area (Å²) in [7, 11) is 0. The maximum atomic E-state index is 13.8. The van der Waals surface area contributed by atoms with Crippen LogP contribution in [0.5, 0.6) is 11.5 Å². The fourth-order valence-electron chi connectivity index (χ4n) is 5.19. The van der Waals surface area contributed by atoms with E-state index in [0.717, 1.165) is 27.8 Å². The molecule has 0 unspecified atom stereocenters. The van der Waals surface area contributed by atoms with Crippen LogP contribution in [0.1, 0.15) is 34.2 Å². The Labute approximate surface area is 258 Å². The van der Waals surface area contributed by atoms with Gasteiger partial charge in [0, 0.05) is 13.0 Å². The predicted molar refractivity (Wildman–Crippen MR) is 170 cm³/mol. The largest absolute Gasteiger partial charge is 0.457 e. The molecule has 4 aromatic carbocycles. The lowest BCUT2D eigenvalue weighted by Gasteiger charge is -2.25. The van der Waals surface area contributed by atoms with Crippen LogP contribution in [0.4, 0.5) is 0 Å². The number of ether oxygens (including phenoxy) is 1. The van der Waals surface area contributed by atoms with Gasteiger partial charge in [-0.15, -0.1) is 0 Å². The molecule has 4 aromatic rings. The summed E-state index contributed by atoms with van der Waals surface area (Å²) in [4.78, 5) is 40.7. The minimum atomic E-state index is -0.899. The third-order valence-corrected chi connectivity index (χ3v) is 7.68. The van der Waals surface area contributed by atoms with Crippen LogP contribution in [-0.2, 0) is 40.2 Å². The first-order chi connectivity index (χ1) is 21.3. The smallest absolute Gasteiger partial charge is 0.243 e. The molecule has 4 bridgehead atoms. The highest BCUT2D eigenvalue weighted by atomic mass is 16.5. The second-order valence-corrected chi connectivity index (χ2v) is 11.3. The van der Waals surface area contributed by atoms with E-state index in [9.17, 15) is 14.4 Å². The predicted octanol–water partition coefficient (Wildman–Crippen LogP) is 4.13. The van der Waals surface area contributed by atoms with Crippen molar-refractivity contribution in [3.8, 4) is 11.5 Å². The normalized spacial score (nSPS) is 18.8. The van der Waals surface area contributed by atoms with Crippen molar-refractivity contribution in [1.29, 1.82) is 0 Å². The van der Waals surface area contributed by atoms with Crippen molar-refractivity contribution >= 4 is 17.7 Å². The molecule has 5 rings (SSSR count). The average Bonchev–Trinajstić information content (AvgIpc) is 3.02. The number of hydrogen-bond donors (Lipinski definition) is 4. The van der Waals surface area contributed by atoms with Gasteiger partial charge >= 0.3 is 0 Å². The summed E-state index contributed by atoms with van der Waals surface area (Å²) >= 11 is 0. The molecule has 0 fully saturated rings. The average molecular weight is 591 g/mol. The molecule has 226 valence electrons. The van der Waals surface area contributed by atoms with Crippen molar-refractivity contribution in [3.63, 3.8) is 0 Å². The van der Waals surface area contributed by atoms with Crippen molar-refractivity contribution in [2.75, 3.05) is 0 Å². The molecule has 0 spiro atoms. The number of amides is 3. The number of benzene rings is 4. The maximum absolute atomic E-state index is 13.8. The van der Waals surface area contributed by atoms with Crippen molar-refractivity contribution in [2.45, 2.75) is 57.3 Å². The van der Waals surface area contributed by atoms with E-state index < -0.39 is 29.9 Å². The monoisotopic (exact) mass is 590 g/mol. The zero-order chi connectivity index (χ0) is 30.9. The first-order valence-electron chi connectivity index (χ1n) is 14.9. The number of aryl methyl sites for hydroxylation is 2. The molecule has 3 atom stereocenters. The molecule has 0 aromatic heterocycles. The van der Waals surface area contributed by atoms with Gasteiger partial charge in [-0.25, -0.2) is 0 Å². The molecule has 1 aliphatic heterocycles. The summed E-state index contributed by atoms with van der Waals surface area (Å²) in [6.45, 7) is 2.32. The number of hydrogen-bond acceptors (Lipinski definition) is 5. The minimum Gasteiger partial charge on any atom is -0.457 e. The highest BCUT2D eigenvalue weighted by Gasteiger charge is 2.29. The Morgan fingerprint density at radius 3 is 2.14 bits per heavy atom. The summed E-state index contributed by atoms with van der Waals surface area (Å²) in [6, 6.07) is 29.9. The summed E-state index contributed by atoms with van der Waals surface area (Å²) in [5.74, 6) is -0.00923. The Morgan fingerprint density at radius 2 is 1.45 bits per heavy atom. The van der Waals surface area contributed by atoms with E-state index in [4.69, 9.17) is 10.5 Å². The van der Waals surface area contributed by atoms with Gasteiger partial charge in [0.2, 0.25) is 17.7 Å². The minimum absolute atomic E-state index is 0.224. The SMILES string of the molecule is Cc1ccc(CNC(=O)[C@@H]2Cc3cccc(c3)Oc3cccc(c3)C[C@H](N)C(=O)N[C@@H](CCc3ccccc3)C(=O)N2)cc1. The molecule has 44 heavy (non-hydrogen) atoms. The van der Waals surface area contributed by atoms with Crippen molar-refractivity contribution in [2.24, 2.45) is 5.73 Å². The molecule has 0 saturated carbocycles. The van der Waals surface area contributed by atoms with Gasteiger partial charge in [0.05, 0.1) is 6.04 Å². The van der Waals surface area contributed by atoms with Crippen molar-refractivity contribution in [3.05, 3.63) is 131 Å². The van der Waals surface area contributed by atoms with Gasteiger partial charge in [-0.1, -0.05) is 84.4 Å². The van der Waals surface area contributed by atoms with E-state index in [-0.39, 0.29) is 18.7 Å². The van der Waals surface area contributed by atoms with Gasteiger partial charge in [-0.05, 0) is 72.7 Å². The molecule has 8 nitrogen and oxygen atoms in total. The summed E-state index contributed by atoms with van der Waals surface area (Å²) in [5, 5.41) is 8.77. The first kappa shape index (κ1) is 30.5. The van der Waals surface area contributed by atoms with Crippen molar-refractivity contribution in [1.82, 2.24) is 16.0 Å². The number of nitrogens with one attached hydrogen (secondary N) is 3. The Kier molecular flexibility index (Phi) is 10.0. The van der Waals surface area contributed by atoms with Gasteiger partial charge < -0.3 is 26.4 Å². The van der Waals surface area contributed by atoms with Gasteiger partial charge in [-0.2, -0.15) is 0 Å². The highest BCUT2D eigenvalue weighted by Crippen LogP contribution is 2.24. The fraction of sp³-hybridized carbons (Fsp3) is 0.250. The number of nitrogens with two attached hydrogens (primary N) is 1. The van der Waals surface area contributed by atoms with Crippen LogP contribution in [-0.4, -0.2) is 35.8 Å². The Morgan fingerprint density at radius 1 is 0.795 bits per heavy atom. The van der Waals surface area contributed by atoms with E-state index in [1.54, 1.807) is 0 Å². The fourth-order valence-corrected chi connectivity index (χ4v) is 5.19. The number of fused-ring (bicyclic) bond motifs is 4. The van der Waals surface area contributed by atoms with Crippen LogP contribution in [0.3, 0.4) is 0 Å². The summed E-state index contributed by atoms with van der Waals surface area (Å²) < 4.78 is 6.12. The lowest BCUT2D eigenvalue weighted by atomic mass is 10.0. The van der Waals surface area contributed by atoms with Crippen LogP contribution >= 0.6 is 0 Å². The Balaban J connectivity index is 1.43. The number of rotatable bonds is 6. The Hall–Kier alpha value is -4.95. The van der Waals surface area contributed by atoms with E-state index in [0.29, 0.717) is 30.9 Å². The second-order valence-electron chi connectivity index (χ2n) is 11.3. The van der Waals surface area contributed by atoms with E-state index in [1.165, 1.54) is 0 Å². The molecule has 1 heterocycles. The van der Waals surface area contributed by atoms with Gasteiger partial charge in [-0.3, -0.25) is 14.4 Å². The molecule has 0 radical (unpaired) electrons. The van der Waals surface area contributed by atoms with Crippen LogP contribution in [0.25, 0.3) is 0 Å². The standard InChI is InChI=1S/C36H38N4O4/c1-24-13-15-26(16-14-24)23-38-35(42)33-22-28-10-6-12-30(20-28)44-29-11-5-9-27(19-29)21-31(37)34(41)39-32(36(43)40-33)18-17-25-7-3-2-4-8-25/h2-16,19-20,31-33H,17-18,21-23,37H2,1H3,(H,38,42)(H,39,41)(H,40,43)/t31-,32-,33-/m0/s1. The molecule has 1 aliphatic rings. The molecular formula is C36H38N4O4. The van der Waals surface area contributed by atoms with Crippen LogP contribution < -0.4 is 26.4 Å². The molecule has 3 amide bonds. The molecule has 0 saturated heterocycles. The second kappa shape index (κ2) is 14.5. The molecule has 8 heteroatoms. The highest BCUT2D eigenvalue weighted by molar-refractivity contribution is 5.93. The number of carbonyl (C=O) groups excluding carboxylic acids is 3. The van der Waals surface area contributed by atoms with E-state index >= 15 is 0 Å².